The molecular weight excluding hydrogens is 302 g/mol. The molecule has 0 radical (unpaired) electrons. The van der Waals surface area contributed by atoms with Crippen LogP contribution in [-0.2, 0) is 17.5 Å². The summed E-state index contributed by atoms with van der Waals surface area (Å²) in [4.78, 5) is 0.901. The van der Waals surface area contributed by atoms with Crippen LogP contribution in [0.3, 0.4) is 0 Å². The van der Waals surface area contributed by atoms with Crippen molar-refractivity contribution in [1.82, 2.24) is 4.31 Å². The molecule has 17 heavy (non-hydrogen) atoms. The Bertz CT molecular complexity index is 488. The molecule has 0 aromatic heterocycles. The number of hydrogen-bond donors (Lipinski definition) is 0. The Labute approximate surface area is 112 Å². The van der Waals surface area contributed by atoms with E-state index in [1.165, 1.54) is 12.8 Å². The first-order valence-electron chi connectivity index (χ1n) is 5.73. The van der Waals surface area contributed by atoms with Gasteiger partial charge in [0, 0.05) is 13.6 Å². The van der Waals surface area contributed by atoms with Crippen molar-refractivity contribution in [2.45, 2.75) is 24.3 Å². The van der Waals surface area contributed by atoms with Crippen molar-refractivity contribution < 1.29 is 8.95 Å². The second kappa shape index (κ2) is 4.37. The molecule has 1 fully saturated rings. The minimum absolute atomic E-state index is 0.731. The van der Waals surface area contributed by atoms with Gasteiger partial charge >= 0.3 is 0 Å². The van der Waals surface area contributed by atoms with E-state index >= 15 is 0 Å². The summed E-state index contributed by atoms with van der Waals surface area (Å²) < 4.78 is 20.4. The summed E-state index contributed by atoms with van der Waals surface area (Å²) >= 11 is 3.49. The number of rotatable bonds is 3. The van der Waals surface area contributed by atoms with Crippen molar-refractivity contribution in [2.75, 3.05) is 13.7 Å². The molecule has 0 amide bonds. The van der Waals surface area contributed by atoms with Gasteiger partial charge in [0.1, 0.15) is 16.7 Å². The highest BCUT2D eigenvalue weighted by Crippen LogP contribution is 2.36. The molecule has 1 atom stereocenters. The van der Waals surface area contributed by atoms with Crippen molar-refractivity contribution in [3.63, 3.8) is 0 Å². The van der Waals surface area contributed by atoms with Gasteiger partial charge in [-0.25, -0.2) is 8.51 Å². The fourth-order valence-corrected chi connectivity index (χ4v) is 3.70. The highest BCUT2D eigenvalue weighted by Gasteiger charge is 2.26. The minimum Gasteiger partial charge on any atom is -0.492 e. The van der Waals surface area contributed by atoms with Crippen molar-refractivity contribution in [3.8, 4) is 5.75 Å². The van der Waals surface area contributed by atoms with E-state index in [0.29, 0.717) is 0 Å². The maximum absolute atomic E-state index is 11.9. The molecule has 0 bridgehead atoms. The van der Waals surface area contributed by atoms with Crippen LogP contribution in [0.2, 0.25) is 0 Å². The van der Waals surface area contributed by atoms with E-state index < -0.39 is 11.0 Å². The molecule has 0 N–H and O–H groups in total. The quantitative estimate of drug-likeness (QED) is 0.858. The van der Waals surface area contributed by atoms with Crippen LogP contribution in [0.25, 0.3) is 0 Å². The highest BCUT2D eigenvalue weighted by molar-refractivity contribution is 9.10. The van der Waals surface area contributed by atoms with Gasteiger partial charge in [0.05, 0.1) is 16.0 Å². The Hall–Kier alpha value is -0.390. The number of hydrogen-bond acceptors (Lipinski definition) is 2. The zero-order valence-corrected chi connectivity index (χ0v) is 12.0. The third-order valence-electron chi connectivity index (χ3n) is 3.15. The van der Waals surface area contributed by atoms with Crippen molar-refractivity contribution in [1.29, 1.82) is 0 Å². The van der Waals surface area contributed by atoms with E-state index in [-0.39, 0.29) is 0 Å². The minimum atomic E-state index is -1.01. The first-order chi connectivity index (χ1) is 8.15. The van der Waals surface area contributed by atoms with Gasteiger partial charge in [0.2, 0.25) is 0 Å². The van der Waals surface area contributed by atoms with Crippen LogP contribution >= 0.6 is 15.9 Å². The standard InChI is InChI=1S/C12H14BrNO2S/c1-14-6-9-4-11(16-7-8-2-3-8)10(13)5-12(9)17(14)15/h4-5,8H,2-3,6-7H2,1H3. The molecule has 92 valence electrons. The van der Waals surface area contributed by atoms with Crippen molar-refractivity contribution >= 4 is 26.9 Å². The summed E-state index contributed by atoms with van der Waals surface area (Å²) in [7, 11) is 0.856. The van der Waals surface area contributed by atoms with Gasteiger partial charge in [0.25, 0.3) is 0 Å². The Morgan fingerprint density at radius 3 is 3.00 bits per heavy atom. The molecule has 1 heterocycles. The predicted molar refractivity (Wildman–Crippen MR) is 70.2 cm³/mol. The second-order valence-corrected chi connectivity index (χ2v) is 7.10. The third kappa shape index (κ3) is 2.28. The van der Waals surface area contributed by atoms with Crippen LogP contribution in [-0.4, -0.2) is 22.2 Å². The summed E-state index contributed by atoms with van der Waals surface area (Å²) in [6, 6.07) is 3.94. The molecule has 5 heteroatoms. The summed E-state index contributed by atoms with van der Waals surface area (Å²) in [5.74, 6) is 1.62. The van der Waals surface area contributed by atoms with Gasteiger partial charge in [-0.2, -0.15) is 0 Å². The Morgan fingerprint density at radius 2 is 2.29 bits per heavy atom. The normalized spacial score (nSPS) is 23.8. The Morgan fingerprint density at radius 1 is 1.53 bits per heavy atom. The first kappa shape index (κ1) is 11.7. The molecule has 1 aromatic rings. The third-order valence-corrected chi connectivity index (χ3v) is 5.22. The van der Waals surface area contributed by atoms with Gasteiger partial charge in [0.15, 0.2) is 0 Å². The molecule has 1 aromatic carbocycles. The highest BCUT2D eigenvalue weighted by atomic mass is 79.9. The number of halogens is 1. The number of ether oxygens (including phenoxy) is 1. The Balaban J connectivity index is 1.86. The monoisotopic (exact) mass is 315 g/mol. The van der Waals surface area contributed by atoms with Gasteiger partial charge in [-0.3, -0.25) is 0 Å². The molecule has 3 rings (SSSR count). The molecule has 1 saturated carbocycles. The van der Waals surface area contributed by atoms with Gasteiger partial charge in [-0.05, 0) is 52.4 Å². The molecule has 3 nitrogen and oxygen atoms in total. The number of benzene rings is 1. The molecule has 1 aliphatic carbocycles. The van der Waals surface area contributed by atoms with Crippen molar-refractivity contribution in [3.05, 3.63) is 22.2 Å². The maximum atomic E-state index is 11.9. The summed E-state index contributed by atoms with van der Waals surface area (Å²) in [6.45, 7) is 1.53. The molecular formula is C12H14BrNO2S. The van der Waals surface area contributed by atoms with E-state index in [0.717, 1.165) is 39.8 Å². The molecule has 1 aliphatic heterocycles. The lowest BCUT2D eigenvalue weighted by Crippen LogP contribution is -2.11. The average Bonchev–Trinajstić information content (AvgIpc) is 3.08. The van der Waals surface area contributed by atoms with Crippen LogP contribution in [0.5, 0.6) is 5.75 Å². The van der Waals surface area contributed by atoms with Crippen LogP contribution in [0.15, 0.2) is 21.5 Å². The Kier molecular flexibility index (Phi) is 3.00. The largest absolute Gasteiger partial charge is 0.492 e. The van der Waals surface area contributed by atoms with E-state index in [9.17, 15) is 4.21 Å². The molecule has 0 spiro atoms. The van der Waals surface area contributed by atoms with Crippen LogP contribution in [0.4, 0.5) is 0 Å². The summed E-state index contributed by atoms with van der Waals surface area (Å²) in [5, 5.41) is 0. The lowest BCUT2D eigenvalue weighted by atomic mass is 10.2. The van der Waals surface area contributed by atoms with E-state index in [1.54, 1.807) is 0 Å². The molecule has 2 aliphatic rings. The van der Waals surface area contributed by atoms with Crippen molar-refractivity contribution in [2.24, 2.45) is 5.92 Å². The van der Waals surface area contributed by atoms with Crippen LogP contribution < -0.4 is 4.74 Å². The average molecular weight is 316 g/mol. The topological polar surface area (TPSA) is 29.5 Å². The maximum Gasteiger partial charge on any atom is 0.133 e. The van der Waals surface area contributed by atoms with Crippen LogP contribution in [0, 0.1) is 5.92 Å². The van der Waals surface area contributed by atoms with Gasteiger partial charge in [-0.1, -0.05) is 0 Å². The lowest BCUT2D eigenvalue weighted by molar-refractivity contribution is 0.297. The smallest absolute Gasteiger partial charge is 0.133 e. The second-order valence-electron chi connectivity index (χ2n) is 4.68. The predicted octanol–water partition coefficient (Wildman–Crippen LogP) is 2.71. The zero-order chi connectivity index (χ0) is 12.0. The van der Waals surface area contributed by atoms with Gasteiger partial charge in [-0.15, -0.1) is 0 Å². The van der Waals surface area contributed by atoms with Crippen LogP contribution in [0.1, 0.15) is 18.4 Å². The molecule has 0 saturated heterocycles. The fraction of sp³-hybridized carbons (Fsp3) is 0.500. The number of nitrogens with zero attached hydrogens (tertiary/aromatic N) is 1. The van der Waals surface area contributed by atoms with E-state index in [1.807, 2.05) is 23.5 Å². The summed E-state index contributed by atoms with van der Waals surface area (Å²) in [6.07, 6.45) is 2.57. The van der Waals surface area contributed by atoms with E-state index in [2.05, 4.69) is 15.9 Å². The summed E-state index contributed by atoms with van der Waals surface area (Å²) in [5.41, 5.74) is 1.11. The SMILES string of the molecule is CN1Cc2cc(OCC3CC3)c(Br)cc2S1=O. The number of fused-ring (bicyclic) bond motifs is 1. The van der Waals surface area contributed by atoms with E-state index in [4.69, 9.17) is 4.74 Å². The molecule has 1 unspecified atom stereocenters. The first-order valence-corrected chi connectivity index (χ1v) is 7.63. The lowest BCUT2D eigenvalue weighted by Gasteiger charge is -2.09. The fourth-order valence-electron chi connectivity index (χ4n) is 1.93. The zero-order valence-electron chi connectivity index (χ0n) is 9.61. The van der Waals surface area contributed by atoms with Gasteiger partial charge < -0.3 is 4.74 Å².